The van der Waals surface area contributed by atoms with E-state index in [9.17, 15) is 17.6 Å². The van der Waals surface area contributed by atoms with Gasteiger partial charge in [0.15, 0.2) is 11.6 Å². The Bertz CT molecular complexity index is 578. The molecule has 20 heavy (non-hydrogen) atoms. The van der Waals surface area contributed by atoms with E-state index in [-0.39, 0.29) is 18.2 Å². The molecule has 0 saturated heterocycles. The molecule has 0 saturated carbocycles. The van der Waals surface area contributed by atoms with Gasteiger partial charge >= 0.3 is 6.09 Å². The summed E-state index contributed by atoms with van der Waals surface area (Å²) in [5.74, 6) is -1.21. The van der Waals surface area contributed by atoms with Crippen LogP contribution in [0.1, 0.15) is 6.92 Å². The van der Waals surface area contributed by atoms with Gasteiger partial charge in [0.1, 0.15) is 11.7 Å². The number of aromatic nitrogens is 1. The van der Waals surface area contributed by atoms with Crippen molar-refractivity contribution in [3.8, 4) is 5.75 Å². The molecule has 0 aliphatic carbocycles. The molecule has 0 aliphatic rings. The van der Waals surface area contributed by atoms with E-state index < -0.39 is 27.8 Å². The normalized spacial score (nSPS) is 10.8. The van der Waals surface area contributed by atoms with Crippen LogP contribution in [0.3, 0.4) is 0 Å². The highest BCUT2D eigenvalue weighted by Gasteiger charge is 2.16. The van der Waals surface area contributed by atoms with Crippen LogP contribution in [0.5, 0.6) is 5.75 Å². The summed E-state index contributed by atoms with van der Waals surface area (Å²) in [5, 5.41) is 2.42. The summed E-state index contributed by atoms with van der Waals surface area (Å²) in [4.78, 5) is 14.7. The first-order chi connectivity index (χ1) is 9.38. The Balaban J connectivity index is 2.69. The molecule has 112 valence electrons. The molecule has 1 rings (SSSR count). The van der Waals surface area contributed by atoms with Gasteiger partial charge < -0.3 is 14.8 Å². The molecule has 0 bridgehead atoms. The minimum Gasteiger partial charge on any atom is -0.493 e. The van der Waals surface area contributed by atoms with Crippen molar-refractivity contribution in [2.75, 3.05) is 24.9 Å². The molecule has 0 fully saturated rings. The minimum absolute atomic E-state index is 0.0307. The van der Waals surface area contributed by atoms with Gasteiger partial charge in [0.05, 0.1) is 19.9 Å². The van der Waals surface area contributed by atoms with Gasteiger partial charge in [-0.1, -0.05) is 0 Å². The second-order valence-corrected chi connectivity index (χ2v) is 5.19. The van der Waals surface area contributed by atoms with Gasteiger partial charge in [0.2, 0.25) is 0 Å². The van der Waals surface area contributed by atoms with Crippen LogP contribution < -0.4 is 14.8 Å². The number of carbonyl (C=O) groups is 1. The van der Waals surface area contributed by atoms with E-state index in [2.05, 4.69) is 15.0 Å². The Kier molecular flexibility index (Phi) is 5.50. The number of halogens is 1. The molecular weight excluding hydrogens is 293 g/mol. The molecule has 0 unspecified atom stereocenters. The topological polar surface area (TPSA) is 107 Å². The van der Waals surface area contributed by atoms with E-state index in [0.717, 1.165) is 12.3 Å². The third-order valence-corrected chi connectivity index (χ3v) is 2.99. The Morgan fingerprint density at radius 3 is 2.80 bits per heavy atom. The molecule has 1 aromatic rings. The molecular formula is C10H14FN3O5S. The predicted molar refractivity (Wildman–Crippen MR) is 68.3 cm³/mol. The Morgan fingerprint density at radius 1 is 1.50 bits per heavy atom. The van der Waals surface area contributed by atoms with Crippen molar-refractivity contribution in [1.82, 2.24) is 9.71 Å². The van der Waals surface area contributed by atoms with Crippen molar-refractivity contribution in [2.24, 2.45) is 0 Å². The molecule has 0 aliphatic heterocycles. The third-order valence-electron chi connectivity index (χ3n) is 1.98. The second-order valence-electron chi connectivity index (χ2n) is 3.46. The highest BCUT2D eigenvalue weighted by molar-refractivity contribution is 7.90. The molecule has 0 spiro atoms. The lowest BCUT2D eigenvalue weighted by atomic mass is 10.4. The summed E-state index contributed by atoms with van der Waals surface area (Å²) in [6, 6.07) is 1.04. The Morgan fingerprint density at radius 2 is 2.20 bits per heavy atom. The number of nitrogens with one attached hydrogen (secondary N) is 2. The average molecular weight is 307 g/mol. The number of carbonyl (C=O) groups excluding carboxylic acids is 1. The number of sulfonamides is 1. The van der Waals surface area contributed by atoms with E-state index in [1.54, 1.807) is 4.72 Å². The minimum atomic E-state index is -3.96. The van der Waals surface area contributed by atoms with Crippen LogP contribution in [0.25, 0.3) is 0 Å². The van der Waals surface area contributed by atoms with E-state index in [0.29, 0.717) is 0 Å². The fraction of sp³-hybridized carbons (Fsp3) is 0.400. The van der Waals surface area contributed by atoms with Gasteiger partial charge in [-0.25, -0.2) is 27.3 Å². The van der Waals surface area contributed by atoms with Crippen LogP contribution in [0, 0.1) is 5.82 Å². The highest BCUT2D eigenvalue weighted by atomic mass is 32.2. The van der Waals surface area contributed by atoms with Gasteiger partial charge in [0, 0.05) is 6.07 Å². The smallest absolute Gasteiger partial charge is 0.420 e. The summed E-state index contributed by atoms with van der Waals surface area (Å²) in [6.07, 6.45) is -0.177. The molecule has 0 radical (unpaired) electrons. The number of ether oxygens (including phenoxy) is 2. The Hall–Kier alpha value is -2.10. The molecule has 0 atom stereocenters. The molecule has 1 aromatic heterocycles. The first kappa shape index (κ1) is 16.0. The first-order valence-electron chi connectivity index (χ1n) is 5.48. The van der Waals surface area contributed by atoms with Gasteiger partial charge in [-0.3, -0.25) is 0 Å². The Labute approximate surface area is 115 Å². The maximum Gasteiger partial charge on any atom is 0.420 e. The third kappa shape index (κ3) is 4.88. The van der Waals surface area contributed by atoms with Crippen LogP contribution in [-0.2, 0) is 14.8 Å². The molecule has 1 amide bonds. The number of rotatable bonds is 6. The van der Waals surface area contributed by atoms with Gasteiger partial charge in [-0.15, -0.1) is 0 Å². The monoisotopic (exact) mass is 307 g/mol. The number of nitrogens with zero attached hydrogens (tertiary/aromatic N) is 1. The van der Waals surface area contributed by atoms with Crippen LogP contribution in [0.15, 0.2) is 12.3 Å². The lowest BCUT2D eigenvalue weighted by molar-refractivity contribution is 0.158. The zero-order valence-electron chi connectivity index (χ0n) is 10.8. The fourth-order valence-electron chi connectivity index (χ4n) is 1.20. The van der Waals surface area contributed by atoms with E-state index in [1.165, 1.54) is 14.0 Å². The number of amides is 1. The van der Waals surface area contributed by atoms with Gasteiger partial charge in [-0.05, 0) is 6.92 Å². The molecule has 0 aromatic carbocycles. The molecule has 10 heteroatoms. The largest absolute Gasteiger partial charge is 0.493 e. The lowest BCUT2D eigenvalue weighted by Crippen LogP contribution is -2.35. The van der Waals surface area contributed by atoms with Crippen molar-refractivity contribution >= 4 is 21.9 Å². The zero-order chi connectivity index (χ0) is 15.2. The zero-order valence-corrected chi connectivity index (χ0v) is 11.7. The lowest BCUT2D eigenvalue weighted by Gasteiger charge is -2.11. The fourth-order valence-corrected chi connectivity index (χ4v) is 1.91. The maximum absolute atomic E-state index is 12.9. The summed E-state index contributed by atoms with van der Waals surface area (Å²) in [7, 11) is -2.68. The van der Waals surface area contributed by atoms with Crippen molar-refractivity contribution in [3.05, 3.63) is 18.1 Å². The molecule has 8 nitrogen and oxygen atoms in total. The number of anilines is 1. The van der Waals surface area contributed by atoms with Crippen molar-refractivity contribution in [3.63, 3.8) is 0 Å². The average Bonchev–Trinajstić information content (AvgIpc) is 2.36. The maximum atomic E-state index is 12.9. The number of hydrogen-bond acceptors (Lipinski definition) is 7. The molecule has 1 heterocycles. The SMILES string of the molecule is CCOC(=O)NS(=O)(=O)CNc1ncc(F)cc1OC. The van der Waals surface area contributed by atoms with Crippen LogP contribution in [-0.4, -0.2) is 39.1 Å². The van der Waals surface area contributed by atoms with Crippen LogP contribution in [0.4, 0.5) is 15.0 Å². The van der Waals surface area contributed by atoms with E-state index >= 15 is 0 Å². The van der Waals surface area contributed by atoms with Crippen LogP contribution in [0.2, 0.25) is 0 Å². The van der Waals surface area contributed by atoms with Gasteiger partial charge in [0.25, 0.3) is 10.0 Å². The van der Waals surface area contributed by atoms with Crippen LogP contribution >= 0.6 is 0 Å². The summed E-state index contributed by atoms with van der Waals surface area (Å²) in [5.41, 5.74) is 0. The number of pyridine rings is 1. The molecule has 2 N–H and O–H groups in total. The predicted octanol–water partition coefficient (Wildman–Crippen LogP) is 0.675. The van der Waals surface area contributed by atoms with Crippen molar-refractivity contribution in [1.29, 1.82) is 0 Å². The summed E-state index contributed by atoms with van der Waals surface area (Å²) < 4.78 is 46.9. The summed E-state index contributed by atoms with van der Waals surface area (Å²) >= 11 is 0. The highest BCUT2D eigenvalue weighted by Crippen LogP contribution is 2.21. The number of methoxy groups -OCH3 is 1. The van der Waals surface area contributed by atoms with Crippen molar-refractivity contribution in [2.45, 2.75) is 6.92 Å². The second kappa shape index (κ2) is 6.89. The van der Waals surface area contributed by atoms with Gasteiger partial charge in [-0.2, -0.15) is 0 Å². The van der Waals surface area contributed by atoms with Crippen molar-refractivity contribution < 1.29 is 27.1 Å². The quantitative estimate of drug-likeness (QED) is 0.795. The van der Waals surface area contributed by atoms with E-state index in [1.807, 2.05) is 0 Å². The summed E-state index contributed by atoms with van der Waals surface area (Å²) in [6.45, 7) is 1.58. The number of hydrogen-bond donors (Lipinski definition) is 2. The van der Waals surface area contributed by atoms with E-state index in [4.69, 9.17) is 4.74 Å². The standard InChI is InChI=1S/C10H14FN3O5S/c1-3-19-10(15)14-20(16,17)6-13-9-8(18-2)4-7(11)5-12-9/h4-5H,3,6H2,1-2H3,(H,12,13)(H,14,15). The first-order valence-corrected chi connectivity index (χ1v) is 7.14.